The molecule has 0 spiro atoms. The molecular weight excluding hydrogens is 410 g/mol. The van der Waals surface area contributed by atoms with Crippen molar-refractivity contribution in [3.05, 3.63) is 102 Å². The largest absolute Gasteiger partial charge is 0.300 e. The molecule has 1 aliphatic heterocycles. The number of hydrogen-bond acceptors (Lipinski definition) is 5. The number of nitrogens with one attached hydrogen (secondary N) is 1. The first-order chi connectivity index (χ1) is 16.2. The average Bonchev–Trinajstić information content (AvgIpc) is 2.89. The first kappa shape index (κ1) is 22.8. The molecule has 6 nitrogen and oxygen atoms in total. The van der Waals surface area contributed by atoms with E-state index in [0.717, 1.165) is 44.0 Å². The number of rotatable bonds is 8. The van der Waals surface area contributed by atoms with E-state index < -0.39 is 0 Å². The van der Waals surface area contributed by atoms with Crippen LogP contribution in [0.5, 0.6) is 0 Å². The number of benzene rings is 2. The highest BCUT2D eigenvalue weighted by atomic mass is 16.2. The predicted octanol–water partition coefficient (Wildman–Crippen LogP) is 3.72. The number of amides is 1. The van der Waals surface area contributed by atoms with E-state index in [2.05, 4.69) is 86.0 Å². The van der Waals surface area contributed by atoms with E-state index in [1.807, 2.05) is 19.1 Å². The highest BCUT2D eigenvalue weighted by Crippen LogP contribution is 2.29. The average molecular weight is 442 g/mol. The zero-order valence-corrected chi connectivity index (χ0v) is 19.1. The van der Waals surface area contributed by atoms with E-state index in [9.17, 15) is 4.79 Å². The minimum absolute atomic E-state index is 0.0581. The minimum atomic E-state index is -0.0581. The summed E-state index contributed by atoms with van der Waals surface area (Å²) in [5.41, 5.74) is 7.04. The van der Waals surface area contributed by atoms with Gasteiger partial charge in [0.15, 0.2) is 0 Å². The van der Waals surface area contributed by atoms with Crippen molar-refractivity contribution >= 4 is 11.6 Å². The Bertz CT molecular complexity index is 992. The molecule has 1 aromatic heterocycles. The molecule has 6 heteroatoms. The van der Waals surface area contributed by atoms with Gasteiger partial charge in [0.05, 0.1) is 11.8 Å². The van der Waals surface area contributed by atoms with Crippen molar-refractivity contribution in [1.82, 2.24) is 20.2 Å². The summed E-state index contributed by atoms with van der Waals surface area (Å²) in [6.45, 7) is 6.45. The van der Waals surface area contributed by atoms with Crippen LogP contribution in [0, 0.1) is 0 Å². The number of carbonyl (C=O) groups is 1. The lowest BCUT2D eigenvalue weighted by Crippen LogP contribution is -2.48. The van der Waals surface area contributed by atoms with Crippen LogP contribution in [0.25, 0.3) is 0 Å². The third-order valence-corrected chi connectivity index (χ3v) is 6.10. The number of carbonyl (C=O) groups excluding carboxylic acids is 1. The van der Waals surface area contributed by atoms with Crippen LogP contribution in [0.1, 0.15) is 36.1 Å². The van der Waals surface area contributed by atoms with Gasteiger partial charge >= 0.3 is 0 Å². The third-order valence-electron chi connectivity index (χ3n) is 6.10. The van der Waals surface area contributed by atoms with Gasteiger partial charge in [0.2, 0.25) is 5.91 Å². The maximum absolute atomic E-state index is 12.3. The first-order valence-corrected chi connectivity index (χ1v) is 11.5. The molecule has 1 fully saturated rings. The van der Waals surface area contributed by atoms with Crippen molar-refractivity contribution in [3.8, 4) is 0 Å². The van der Waals surface area contributed by atoms with Crippen molar-refractivity contribution in [2.24, 2.45) is 5.10 Å². The molecule has 0 aliphatic carbocycles. The lowest BCUT2D eigenvalue weighted by Gasteiger charge is -2.39. The number of nitrogens with zero attached hydrogens (tertiary/aromatic N) is 4. The van der Waals surface area contributed by atoms with Crippen LogP contribution in [-0.2, 0) is 4.79 Å². The van der Waals surface area contributed by atoms with E-state index in [4.69, 9.17) is 0 Å². The van der Waals surface area contributed by atoms with Gasteiger partial charge in [-0.25, -0.2) is 5.43 Å². The summed E-state index contributed by atoms with van der Waals surface area (Å²) in [5.74, 6) is -0.0581. The summed E-state index contributed by atoms with van der Waals surface area (Å²) in [7, 11) is 0. The molecule has 0 unspecified atom stereocenters. The maximum atomic E-state index is 12.3. The summed E-state index contributed by atoms with van der Waals surface area (Å²) in [5, 5.41) is 4.22. The van der Waals surface area contributed by atoms with Crippen LogP contribution in [0.2, 0.25) is 0 Å². The Morgan fingerprint density at radius 3 is 2.06 bits per heavy atom. The van der Waals surface area contributed by atoms with Gasteiger partial charge in [0.1, 0.15) is 0 Å². The van der Waals surface area contributed by atoms with E-state index >= 15 is 0 Å². The monoisotopic (exact) mass is 441 g/mol. The van der Waals surface area contributed by atoms with Crippen LogP contribution < -0.4 is 5.43 Å². The molecule has 0 bridgehead atoms. The zero-order valence-electron chi connectivity index (χ0n) is 19.1. The number of piperazine rings is 1. The van der Waals surface area contributed by atoms with E-state index in [0.29, 0.717) is 6.42 Å². The third kappa shape index (κ3) is 6.34. The van der Waals surface area contributed by atoms with Gasteiger partial charge in [-0.3, -0.25) is 14.7 Å². The fourth-order valence-corrected chi connectivity index (χ4v) is 4.25. The van der Waals surface area contributed by atoms with E-state index in [-0.39, 0.29) is 11.9 Å². The smallest absolute Gasteiger partial charge is 0.241 e. The molecule has 4 rings (SSSR count). The molecular formula is C27H31N5O. The Hall–Kier alpha value is -3.35. The van der Waals surface area contributed by atoms with Crippen molar-refractivity contribution < 1.29 is 4.79 Å². The number of hydrogen-bond donors (Lipinski definition) is 1. The summed E-state index contributed by atoms with van der Waals surface area (Å²) < 4.78 is 0. The predicted molar refractivity (Wildman–Crippen MR) is 132 cm³/mol. The van der Waals surface area contributed by atoms with Crippen LogP contribution in [0.4, 0.5) is 0 Å². The molecule has 0 atom stereocenters. The van der Waals surface area contributed by atoms with Crippen molar-refractivity contribution in [2.75, 3.05) is 32.7 Å². The Labute approximate surface area is 196 Å². The topological polar surface area (TPSA) is 60.8 Å². The van der Waals surface area contributed by atoms with Crippen LogP contribution in [0.15, 0.2) is 90.3 Å². The highest BCUT2D eigenvalue weighted by molar-refractivity contribution is 5.99. The first-order valence-electron chi connectivity index (χ1n) is 11.5. The van der Waals surface area contributed by atoms with Crippen LogP contribution in [0.3, 0.4) is 0 Å². The molecule has 0 saturated carbocycles. The lowest BCUT2D eigenvalue weighted by atomic mass is 9.96. The Balaban J connectivity index is 1.29. The Morgan fingerprint density at radius 2 is 1.48 bits per heavy atom. The molecule has 2 heterocycles. The number of aromatic nitrogens is 1. The van der Waals surface area contributed by atoms with Gasteiger partial charge in [-0.15, -0.1) is 0 Å². The second-order valence-corrected chi connectivity index (χ2v) is 8.32. The normalized spacial score (nSPS) is 15.5. The second kappa shape index (κ2) is 11.5. The molecule has 2 aromatic carbocycles. The van der Waals surface area contributed by atoms with Gasteiger partial charge in [-0.05, 0) is 30.2 Å². The molecule has 1 saturated heterocycles. The number of hydrazone groups is 1. The van der Waals surface area contributed by atoms with Crippen molar-refractivity contribution in [3.63, 3.8) is 0 Å². The van der Waals surface area contributed by atoms with Crippen LogP contribution >= 0.6 is 0 Å². The molecule has 170 valence electrons. The standard InChI is InChI=1S/C27H31N5O/c1-22(23-12-15-28-16-13-23)29-30-26(33)14-17-31-18-20-32(21-19-31)27(24-8-4-2-5-9-24)25-10-6-3-7-11-25/h2-13,15-16,27H,14,17-21H2,1H3,(H,30,33)/b29-22-. The highest BCUT2D eigenvalue weighted by Gasteiger charge is 2.26. The fourth-order valence-electron chi connectivity index (χ4n) is 4.25. The summed E-state index contributed by atoms with van der Waals surface area (Å²) in [4.78, 5) is 21.2. The van der Waals surface area contributed by atoms with Crippen LogP contribution in [-0.4, -0.2) is 59.1 Å². The van der Waals surface area contributed by atoms with Gasteiger partial charge in [-0.1, -0.05) is 60.7 Å². The van der Waals surface area contributed by atoms with Gasteiger partial charge in [0, 0.05) is 57.1 Å². The molecule has 1 N–H and O–H groups in total. The molecule has 3 aromatic rings. The quantitative estimate of drug-likeness (QED) is 0.428. The molecule has 1 aliphatic rings. The summed E-state index contributed by atoms with van der Waals surface area (Å²) >= 11 is 0. The van der Waals surface area contributed by atoms with E-state index in [1.165, 1.54) is 11.1 Å². The van der Waals surface area contributed by atoms with Gasteiger partial charge in [-0.2, -0.15) is 5.10 Å². The molecule has 0 radical (unpaired) electrons. The summed E-state index contributed by atoms with van der Waals surface area (Å²) in [6.07, 6.45) is 3.87. The minimum Gasteiger partial charge on any atom is -0.300 e. The SMILES string of the molecule is C/C(=N/NC(=O)CCN1CCN(C(c2ccccc2)c2ccccc2)CC1)c1ccncc1. The van der Waals surface area contributed by atoms with Crippen molar-refractivity contribution in [1.29, 1.82) is 0 Å². The fraction of sp³-hybridized carbons (Fsp3) is 0.296. The Morgan fingerprint density at radius 1 is 0.909 bits per heavy atom. The summed E-state index contributed by atoms with van der Waals surface area (Å²) in [6, 6.07) is 25.4. The number of pyridine rings is 1. The zero-order chi connectivity index (χ0) is 22.9. The maximum Gasteiger partial charge on any atom is 0.241 e. The lowest BCUT2D eigenvalue weighted by molar-refractivity contribution is -0.121. The second-order valence-electron chi connectivity index (χ2n) is 8.32. The van der Waals surface area contributed by atoms with Crippen molar-refractivity contribution in [2.45, 2.75) is 19.4 Å². The van der Waals surface area contributed by atoms with Gasteiger partial charge < -0.3 is 4.90 Å². The molecule has 1 amide bonds. The van der Waals surface area contributed by atoms with E-state index in [1.54, 1.807) is 12.4 Å². The van der Waals surface area contributed by atoms with Gasteiger partial charge in [0.25, 0.3) is 0 Å². The Kier molecular flexibility index (Phi) is 7.95. The molecule has 33 heavy (non-hydrogen) atoms.